The fourth-order valence-corrected chi connectivity index (χ4v) is 8.37. The number of aromatic amines is 1. The van der Waals surface area contributed by atoms with Crippen molar-refractivity contribution in [2.75, 3.05) is 13.2 Å². The predicted octanol–water partition coefficient (Wildman–Crippen LogP) is 0.0746. The van der Waals surface area contributed by atoms with Gasteiger partial charge in [0, 0.05) is 57.2 Å². The lowest BCUT2D eigenvalue weighted by molar-refractivity contribution is -0.304. The summed E-state index contributed by atoms with van der Waals surface area (Å²) in [4.78, 5) is 33.4. The summed E-state index contributed by atoms with van der Waals surface area (Å²) >= 11 is 0. The first-order valence-corrected chi connectivity index (χ1v) is 24.0. The van der Waals surface area contributed by atoms with E-state index in [4.69, 9.17) is 24.7 Å². The van der Waals surface area contributed by atoms with Crippen LogP contribution >= 0.6 is 0 Å². The van der Waals surface area contributed by atoms with Gasteiger partial charge in [-0.3, -0.25) is 9.59 Å². The molecule has 6 unspecified atom stereocenters. The average molecular weight is 989 g/mol. The number of hydrogen-bond acceptors (Lipinski definition) is 18. The summed E-state index contributed by atoms with van der Waals surface area (Å²) < 4.78 is 23.4. The number of aliphatic hydroxyl groups excluding tert-OH is 9. The molecule has 20 nitrogen and oxygen atoms in total. The van der Waals surface area contributed by atoms with Crippen LogP contribution < -0.4 is 11.1 Å². The third-order valence-electron chi connectivity index (χ3n) is 12.3. The highest BCUT2D eigenvalue weighted by molar-refractivity contribution is 5.80. The zero-order valence-electron chi connectivity index (χ0n) is 39.9. The van der Waals surface area contributed by atoms with Gasteiger partial charge >= 0.3 is 5.97 Å². The molecule has 0 aromatic carbocycles. The Hall–Kier alpha value is -4.23. The van der Waals surface area contributed by atoms with E-state index in [1.165, 1.54) is 6.33 Å². The monoisotopic (exact) mass is 989 g/mol. The molecule has 392 valence electrons. The third-order valence-corrected chi connectivity index (χ3v) is 12.3. The van der Waals surface area contributed by atoms with E-state index >= 15 is 0 Å². The number of imidazole rings is 1. The number of H-pyrrole nitrogens is 1. The van der Waals surface area contributed by atoms with E-state index in [1.807, 2.05) is 37.3 Å². The molecule has 3 aliphatic rings. The number of allylic oxidation sites excluding steroid dienone is 12. The molecule has 0 saturated carbocycles. The number of amides is 1. The average Bonchev–Trinajstić information content (AvgIpc) is 3.81. The van der Waals surface area contributed by atoms with Gasteiger partial charge in [-0.2, -0.15) is 0 Å². The van der Waals surface area contributed by atoms with E-state index in [1.54, 1.807) is 67.8 Å². The molecule has 0 aliphatic carbocycles. The normalized spacial score (nSPS) is 40.9. The van der Waals surface area contributed by atoms with Gasteiger partial charge in [0.25, 0.3) is 0 Å². The second kappa shape index (κ2) is 30.0. The van der Waals surface area contributed by atoms with Crippen LogP contribution in [-0.4, -0.2) is 177 Å². The molecule has 1 aromatic rings. The molecule has 3 aliphatic heterocycles. The molecule has 1 aromatic heterocycles. The van der Waals surface area contributed by atoms with E-state index in [0.29, 0.717) is 12.1 Å². The van der Waals surface area contributed by atoms with Crippen molar-refractivity contribution in [2.45, 2.75) is 169 Å². The number of fused-ring (bicyclic) bond motifs is 2. The topological polar surface area (TPSA) is 340 Å². The number of nitrogens with two attached hydrogens (primary N) is 1. The molecule has 2 fully saturated rings. The van der Waals surface area contributed by atoms with Crippen molar-refractivity contribution in [3.63, 3.8) is 0 Å². The maximum atomic E-state index is 13.8. The quantitative estimate of drug-likeness (QED) is 0.168. The van der Waals surface area contributed by atoms with Crippen molar-refractivity contribution in [3.8, 4) is 0 Å². The number of cyclic esters (lactones) is 1. The van der Waals surface area contributed by atoms with Crippen LogP contribution in [-0.2, 0) is 35.0 Å². The molecule has 0 radical (unpaired) electrons. The van der Waals surface area contributed by atoms with Gasteiger partial charge in [-0.05, 0) is 26.2 Å². The van der Waals surface area contributed by atoms with Gasteiger partial charge in [0.2, 0.25) is 5.91 Å². The van der Waals surface area contributed by atoms with Crippen LogP contribution in [0.4, 0.5) is 0 Å². The van der Waals surface area contributed by atoms with Crippen molar-refractivity contribution in [3.05, 3.63) is 103 Å². The molecule has 4 rings (SSSR count). The SMILES string of the molecule is C[C@H]1C[C@H](O)[C@@H](C)/C=C/C=C/C=C/C=C/C=C/C=C/C=C/C(O[C@@H]2OC[C@@H](O)[C@H](N)[C@@H]2O)C[C@@H]2OC(O)(CC(O)C[C@@H](O)C(O)CCC(O)CC(O)CC(=O)O1)C[C@H](O)[C@H]2C(=O)NCCc1c[nH]cn1. The summed E-state index contributed by atoms with van der Waals surface area (Å²) in [6.45, 7) is 3.35. The van der Waals surface area contributed by atoms with Crippen LogP contribution in [0.25, 0.3) is 0 Å². The molecule has 14 N–H and O–H groups in total. The van der Waals surface area contributed by atoms with Crippen LogP contribution in [0, 0.1) is 11.8 Å². The van der Waals surface area contributed by atoms with Crippen LogP contribution in [0.15, 0.2) is 97.6 Å². The second-order valence-corrected chi connectivity index (χ2v) is 18.5. The van der Waals surface area contributed by atoms with Gasteiger partial charge in [0.1, 0.15) is 12.2 Å². The van der Waals surface area contributed by atoms with Gasteiger partial charge in [-0.25, -0.2) is 4.98 Å². The summed E-state index contributed by atoms with van der Waals surface area (Å²) in [5.41, 5.74) is 6.70. The van der Waals surface area contributed by atoms with Crippen molar-refractivity contribution in [1.82, 2.24) is 15.3 Å². The van der Waals surface area contributed by atoms with E-state index in [2.05, 4.69) is 15.3 Å². The summed E-state index contributed by atoms with van der Waals surface area (Å²) in [6, 6.07) is -1.11. The summed E-state index contributed by atoms with van der Waals surface area (Å²) in [6.07, 6.45) is 9.26. The van der Waals surface area contributed by atoms with Crippen LogP contribution in [0.5, 0.6) is 0 Å². The number of carbonyl (C=O) groups is 2. The van der Waals surface area contributed by atoms with Crippen LogP contribution in [0.2, 0.25) is 0 Å². The Labute approximate surface area is 409 Å². The van der Waals surface area contributed by atoms with Gasteiger partial charge in [-0.15, -0.1) is 0 Å². The van der Waals surface area contributed by atoms with E-state index in [-0.39, 0.29) is 51.2 Å². The molecule has 20 heteroatoms. The minimum atomic E-state index is -2.28. The lowest BCUT2D eigenvalue weighted by Crippen LogP contribution is -2.59. The first kappa shape index (κ1) is 58.3. The number of rotatable bonds is 6. The van der Waals surface area contributed by atoms with Crippen LogP contribution in [0.3, 0.4) is 0 Å². The number of aromatic nitrogens is 2. The molecule has 2 saturated heterocycles. The lowest BCUT2D eigenvalue weighted by atomic mass is 9.82. The standard InChI is InChI=1S/C50H76N4O16/c1-31-15-13-11-9-7-5-3-4-6-8-10-12-14-16-37(69-49-47(64)46(51)42(62)29-67-49)25-43-45(48(65)53-20-19-33-28-52-30-54-33)41(61)27-50(66,70-43)26-36(57)23-40(60)38(58)18-17-34(55)22-35(56)24-44(63)68-32(2)21-39(31)59/h3-16,28,30-32,34-43,45-47,49,55-62,64,66H,17-27,29,51H2,1-2H3,(H,52,54)(H,53,65)/b4-3+,7-5+,8-6+,11-9+,12-10+,15-13+,16-14+/t31-,32-,34?,35?,36?,37?,38?,39-,40+,41-,42+,43-,45+,46-,47-,49-,50?/m0/s1. The molecule has 0 spiro atoms. The van der Waals surface area contributed by atoms with Crippen molar-refractivity contribution >= 4 is 11.9 Å². The largest absolute Gasteiger partial charge is 0.462 e. The number of nitrogens with one attached hydrogen (secondary N) is 2. The molecule has 70 heavy (non-hydrogen) atoms. The first-order valence-electron chi connectivity index (χ1n) is 24.0. The first-order chi connectivity index (χ1) is 33.3. The van der Waals surface area contributed by atoms with Crippen molar-refractivity contribution in [1.29, 1.82) is 0 Å². The Morgan fingerprint density at radius 2 is 1.41 bits per heavy atom. The van der Waals surface area contributed by atoms with Gasteiger partial charge in [-0.1, -0.05) is 92.0 Å². The van der Waals surface area contributed by atoms with Gasteiger partial charge in [0.15, 0.2) is 12.1 Å². The Morgan fingerprint density at radius 3 is 2.06 bits per heavy atom. The highest BCUT2D eigenvalue weighted by atomic mass is 16.7. The van der Waals surface area contributed by atoms with E-state index in [0.717, 1.165) is 0 Å². The van der Waals surface area contributed by atoms with E-state index < -0.39 is 135 Å². The van der Waals surface area contributed by atoms with Crippen LogP contribution in [0.1, 0.15) is 77.3 Å². The van der Waals surface area contributed by atoms with Gasteiger partial charge in [0.05, 0.1) is 98.0 Å². The minimum absolute atomic E-state index is 0.0946. The smallest absolute Gasteiger partial charge is 0.308 e. The number of carbonyl (C=O) groups excluding carboxylic acids is 2. The maximum Gasteiger partial charge on any atom is 0.308 e. The number of ether oxygens (including phenoxy) is 4. The molecule has 17 atom stereocenters. The molecular formula is C50H76N4O16. The fourth-order valence-electron chi connectivity index (χ4n) is 8.37. The highest BCUT2D eigenvalue weighted by Crippen LogP contribution is 2.38. The predicted molar refractivity (Wildman–Crippen MR) is 256 cm³/mol. The number of nitrogens with zero attached hydrogens (tertiary/aromatic N) is 1. The Balaban J connectivity index is 1.57. The van der Waals surface area contributed by atoms with Gasteiger partial charge < -0.3 is 86.0 Å². The summed E-state index contributed by atoms with van der Waals surface area (Å²) in [5, 5.41) is 112. The Kier molecular flexibility index (Phi) is 25.0. The van der Waals surface area contributed by atoms with E-state index in [9.17, 15) is 60.7 Å². The van der Waals surface area contributed by atoms with Crippen molar-refractivity contribution in [2.24, 2.45) is 17.6 Å². The second-order valence-electron chi connectivity index (χ2n) is 18.5. The number of hydrogen-bond donors (Lipinski definition) is 13. The molecular weight excluding hydrogens is 913 g/mol. The molecule has 1 amide bonds. The minimum Gasteiger partial charge on any atom is -0.462 e. The Morgan fingerprint density at radius 1 is 0.771 bits per heavy atom. The van der Waals surface area contributed by atoms with Crippen molar-refractivity contribution < 1.29 is 79.6 Å². The molecule has 4 heterocycles. The zero-order valence-corrected chi connectivity index (χ0v) is 39.9. The fraction of sp³-hybridized carbons (Fsp3) is 0.620. The summed E-state index contributed by atoms with van der Waals surface area (Å²) in [7, 11) is 0. The maximum absolute atomic E-state index is 13.8. The zero-order chi connectivity index (χ0) is 51.2. The third kappa shape index (κ3) is 20.5. The number of esters is 1. The Bertz CT molecular complexity index is 1910. The highest BCUT2D eigenvalue weighted by Gasteiger charge is 2.50. The molecule has 2 bridgehead atoms. The summed E-state index contributed by atoms with van der Waals surface area (Å²) in [5.74, 6) is -5.16. The number of aliphatic hydroxyl groups is 10. The lowest BCUT2D eigenvalue weighted by Gasteiger charge is -2.45.